The molecule has 31 heavy (non-hydrogen) atoms. The Hall–Kier alpha value is -2.90. The lowest BCUT2D eigenvalue weighted by Crippen LogP contribution is -2.42. The molecule has 0 bridgehead atoms. The van der Waals surface area contributed by atoms with Crippen LogP contribution in [0.2, 0.25) is 0 Å². The molecule has 0 spiro atoms. The number of hydrogen-bond donors (Lipinski definition) is 3. The van der Waals surface area contributed by atoms with Crippen LogP contribution in [0.25, 0.3) is 11.1 Å². The topological polar surface area (TPSA) is 90.6 Å². The van der Waals surface area contributed by atoms with Gasteiger partial charge < -0.3 is 20.2 Å². The molecule has 7 heteroatoms. The van der Waals surface area contributed by atoms with Gasteiger partial charge in [0.25, 0.3) is 0 Å². The van der Waals surface area contributed by atoms with Gasteiger partial charge in [0.1, 0.15) is 5.52 Å². The first-order valence-electron chi connectivity index (χ1n) is 10.7. The number of amides is 2. The van der Waals surface area contributed by atoms with Gasteiger partial charge in [-0.15, -0.1) is 0 Å². The van der Waals surface area contributed by atoms with Crippen molar-refractivity contribution < 1.29 is 14.3 Å². The van der Waals surface area contributed by atoms with Crippen LogP contribution in [0, 0.1) is 0 Å². The van der Waals surface area contributed by atoms with Gasteiger partial charge in [0, 0.05) is 37.3 Å². The van der Waals surface area contributed by atoms with Gasteiger partial charge >= 0.3 is 6.03 Å². The van der Waals surface area contributed by atoms with Crippen LogP contribution in [0.1, 0.15) is 37.8 Å². The van der Waals surface area contributed by atoms with Crippen molar-refractivity contribution in [3.05, 3.63) is 59.5 Å². The summed E-state index contributed by atoms with van der Waals surface area (Å²) in [7, 11) is 0. The van der Waals surface area contributed by atoms with E-state index in [2.05, 4.69) is 38.7 Å². The number of rotatable bonds is 5. The quantitative estimate of drug-likeness (QED) is 0.584. The summed E-state index contributed by atoms with van der Waals surface area (Å²) < 4.78 is 5.79. The summed E-state index contributed by atoms with van der Waals surface area (Å²) in [5.41, 5.74) is 4.52. The van der Waals surface area contributed by atoms with Crippen LogP contribution < -0.4 is 10.6 Å². The van der Waals surface area contributed by atoms with Crippen molar-refractivity contribution in [1.29, 1.82) is 0 Å². The Morgan fingerprint density at radius 1 is 1.23 bits per heavy atom. The fourth-order valence-corrected chi connectivity index (χ4v) is 3.78. The van der Waals surface area contributed by atoms with Gasteiger partial charge in [-0.05, 0) is 35.7 Å². The van der Waals surface area contributed by atoms with Crippen LogP contribution in [0.4, 0.5) is 10.5 Å². The zero-order valence-electron chi connectivity index (χ0n) is 18.3. The van der Waals surface area contributed by atoms with Gasteiger partial charge in [-0.2, -0.15) is 0 Å². The first kappa shape index (κ1) is 21.3. The highest BCUT2D eigenvalue weighted by atomic mass is 16.3. The highest BCUT2D eigenvalue weighted by molar-refractivity contribution is 5.91. The van der Waals surface area contributed by atoms with Crippen molar-refractivity contribution in [2.45, 2.75) is 45.3 Å². The zero-order chi connectivity index (χ0) is 22.0. The normalized spacial score (nSPS) is 15.5. The predicted molar refractivity (Wildman–Crippen MR) is 121 cm³/mol. The number of carbonyl (C=O) groups is 1. The summed E-state index contributed by atoms with van der Waals surface area (Å²) >= 11 is 0. The van der Waals surface area contributed by atoms with Crippen molar-refractivity contribution in [2.75, 3.05) is 25.0 Å². The molecule has 7 nitrogen and oxygen atoms in total. The second-order valence-electron chi connectivity index (χ2n) is 9.19. The number of aromatic nitrogens is 1. The van der Waals surface area contributed by atoms with Crippen LogP contribution in [0.15, 0.2) is 46.9 Å². The molecule has 1 aliphatic heterocycles. The Morgan fingerprint density at radius 3 is 2.77 bits per heavy atom. The van der Waals surface area contributed by atoms with E-state index in [1.54, 1.807) is 18.2 Å². The lowest BCUT2D eigenvalue weighted by molar-refractivity contribution is 0.106. The van der Waals surface area contributed by atoms with E-state index in [4.69, 9.17) is 4.42 Å². The molecule has 2 heterocycles. The number of fused-ring (bicyclic) bond motifs is 2. The van der Waals surface area contributed by atoms with Gasteiger partial charge in [0.05, 0.1) is 6.10 Å². The molecule has 164 valence electrons. The van der Waals surface area contributed by atoms with Crippen LogP contribution in [-0.2, 0) is 18.4 Å². The van der Waals surface area contributed by atoms with E-state index in [9.17, 15) is 9.90 Å². The molecular weight excluding hydrogens is 392 g/mol. The number of anilines is 1. The number of aliphatic hydroxyl groups is 1. The summed E-state index contributed by atoms with van der Waals surface area (Å²) in [5.74, 6) is 0.660. The van der Waals surface area contributed by atoms with Crippen LogP contribution >= 0.6 is 0 Å². The molecule has 0 saturated heterocycles. The minimum absolute atomic E-state index is 0.184. The van der Waals surface area contributed by atoms with E-state index < -0.39 is 6.10 Å². The molecule has 1 aliphatic rings. The number of nitrogens with zero attached hydrogens (tertiary/aromatic N) is 2. The van der Waals surface area contributed by atoms with Gasteiger partial charge in [-0.3, -0.25) is 4.90 Å². The Balaban J connectivity index is 1.27. The van der Waals surface area contributed by atoms with Crippen molar-refractivity contribution in [1.82, 2.24) is 15.2 Å². The lowest BCUT2D eigenvalue weighted by Gasteiger charge is -2.30. The Kier molecular flexibility index (Phi) is 5.98. The standard InChI is InChI=1S/C24H30N4O3/c1-24(2,3)22-27-20-12-18(8-9-21(20)31-22)26-23(30)25-13-19(29)15-28-11-10-16-6-4-5-7-17(16)14-28/h4-9,12,19,29H,10-11,13-15H2,1-3H3,(H2,25,26,30). The number of oxazole rings is 1. The van der Waals surface area contributed by atoms with Gasteiger partial charge in [0.2, 0.25) is 5.89 Å². The third kappa shape index (κ3) is 5.24. The number of carbonyl (C=O) groups excluding carboxylic acids is 1. The number of urea groups is 1. The minimum atomic E-state index is -0.636. The maximum atomic E-state index is 12.3. The van der Waals surface area contributed by atoms with E-state index in [0.29, 0.717) is 29.2 Å². The highest BCUT2D eigenvalue weighted by Crippen LogP contribution is 2.27. The van der Waals surface area contributed by atoms with Gasteiger partial charge in [-0.25, -0.2) is 9.78 Å². The maximum Gasteiger partial charge on any atom is 0.319 e. The summed E-state index contributed by atoms with van der Waals surface area (Å²) in [4.78, 5) is 19.0. The monoisotopic (exact) mass is 422 g/mol. The molecule has 1 aromatic heterocycles. The van der Waals surface area contributed by atoms with Crippen molar-refractivity contribution in [2.24, 2.45) is 0 Å². The number of nitrogens with one attached hydrogen (secondary N) is 2. The molecular formula is C24H30N4O3. The Labute approximate surface area is 182 Å². The number of benzene rings is 2. The number of aliphatic hydroxyl groups excluding tert-OH is 1. The second kappa shape index (κ2) is 8.69. The van der Waals surface area contributed by atoms with Gasteiger partial charge in [-0.1, -0.05) is 45.0 Å². The third-order valence-corrected chi connectivity index (χ3v) is 5.46. The molecule has 0 saturated carbocycles. The fourth-order valence-electron chi connectivity index (χ4n) is 3.78. The van der Waals surface area contributed by atoms with E-state index in [1.165, 1.54) is 11.1 Å². The predicted octanol–water partition coefficient (Wildman–Crippen LogP) is 3.67. The van der Waals surface area contributed by atoms with Crippen LogP contribution in [-0.4, -0.2) is 46.8 Å². The highest BCUT2D eigenvalue weighted by Gasteiger charge is 2.21. The summed E-state index contributed by atoms with van der Waals surface area (Å²) in [5, 5.41) is 15.9. The van der Waals surface area contributed by atoms with Crippen molar-refractivity contribution in [3.63, 3.8) is 0 Å². The first-order valence-corrected chi connectivity index (χ1v) is 10.7. The first-order chi connectivity index (χ1) is 14.8. The molecule has 0 aliphatic carbocycles. The average molecular weight is 423 g/mol. The van der Waals surface area contributed by atoms with Crippen molar-refractivity contribution >= 4 is 22.8 Å². The third-order valence-electron chi connectivity index (χ3n) is 5.46. The molecule has 2 aromatic carbocycles. The smallest absolute Gasteiger partial charge is 0.319 e. The average Bonchev–Trinajstić information content (AvgIpc) is 3.16. The van der Waals surface area contributed by atoms with Crippen LogP contribution in [0.5, 0.6) is 0 Å². The van der Waals surface area contributed by atoms with E-state index in [-0.39, 0.29) is 18.0 Å². The molecule has 3 aromatic rings. The van der Waals surface area contributed by atoms with Crippen molar-refractivity contribution in [3.8, 4) is 0 Å². The molecule has 1 unspecified atom stereocenters. The molecule has 0 fully saturated rings. The molecule has 3 N–H and O–H groups in total. The van der Waals surface area contributed by atoms with E-state index in [1.807, 2.05) is 26.8 Å². The molecule has 0 radical (unpaired) electrons. The molecule has 1 atom stereocenters. The number of β-amino-alcohol motifs (C(OH)–C–C–N with tert-alkyl or cyclic N) is 1. The molecule has 2 amide bonds. The maximum absolute atomic E-state index is 12.3. The summed E-state index contributed by atoms with van der Waals surface area (Å²) in [6.45, 7) is 8.57. The van der Waals surface area contributed by atoms with E-state index in [0.717, 1.165) is 19.5 Å². The second-order valence-corrected chi connectivity index (χ2v) is 9.19. The zero-order valence-corrected chi connectivity index (χ0v) is 18.3. The largest absolute Gasteiger partial charge is 0.440 e. The minimum Gasteiger partial charge on any atom is -0.440 e. The summed E-state index contributed by atoms with van der Waals surface area (Å²) in [6.07, 6.45) is 0.349. The fraction of sp³-hybridized carbons (Fsp3) is 0.417. The molecule has 4 rings (SSSR count). The van der Waals surface area contributed by atoms with E-state index >= 15 is 0 Å². The van der Waals surface area contributed by atoms with Crippen LogP contribution in [0.3, 0.4) is 0 Å². The SMILES string of the molecule is CC(C)(C)c1nc2cc(NC(=O)NCC(O)CN3CCc4ccccc4C3)ccc2o1. The van der Waals surface area contributed by atoms with Gasteiger partial charge in [0.15, 0.2) is 5.58 Å². The Bertz CT molecular complexity index is 1070. The Morgan fingerprint density at radius 2 is 2.00 bits per heavy atom. The lowest BCUT2D eigenvalue weighted by atomic mass is 9.97. The summed E-state index contributed by atoms with van der Waals surface area (Å²) in [6, 6.07) is 13.4. The number of hydrogen-bond acceptors (Lipinski definition) is 5.